The zero-order valence-electron chi connectivity index (χ0n) is 25.3. The number of esters is 3. The third-order valence-electron chi connectivity index (χ3n) is 5.87. The van der Waals surface area contributed by atoms with Crippen LogP contribution < -0.4 is 0 Å². The van der Waals surface area contributed by atoms with Gasteiger partial charge in [-0.3, -0.25) is 0 Å². The van der Waals surface area contributed by atoms with E-state index in [4.69, 9.17) is 19.3 Å². The molecule has 3 rings (SSSR count). The van der Waals surface area contributed by atoms with E-state index in [2.05, 4.69) is 43.5 Å². The van der Waals surface area contributed by atoms with Crippen LogP contribution in [-0.2, 0) is 39.8 Å². The van der Waals surface area contributed by atoms with Gasteiger partial charge in [0.2, 0.25) is 0 Å². The number of rotatable bonds is 10. The van der Waals surface area contributed by atoms with Crippen molar-refractivity contribution in [2.45, 2.75) is 34.1 Å². The number of carbonyl (C=O) groups excluding carboxylic acids is 3. The molecule has 0 unspecified atom stereocenters. The lowest BCUT2D eigenvalue weighted by Crippen LogP contribution is -2.16. The Morgan fingerprint density at radius 2 is 1.33 bits per heavy atom. The summed E-state index contributed by atoms with van der Waals surface area (Å²) in [6.07, 6.45) is 4.14. The minimum Gasteiger partial charge on any atom is -0.478 e. The van der Waals surface area contributed by atoms with Gasteiger partial charge >= 0.3 is 23.9 Å². The normalized spacial score (nSPS) is 11.4. The summed E-state index contributed by atoms with van der Waals surface area (Å²) in [4.78, 5) is 45.3. The first-order valence-electron chi connectivity index (χ1n) is 13.5. The molecule has 8 heteroatoms. The van der Waals surface area contributed by atoms with Crippen molar-refractivity contribution in [1.82, 2.24) is 0 Å². The SMILES string of the molecule is C=C(C)C(=O)OCCOC(=O)C(C=CC(=O)O)=CC(C)(C)C.C=C(Cc1c2ccccc2cc2ccccc12)C(=O)OC. The van der Waals surface area contributed by atoms with Gasteiger partial charge in [-0.15, -0.1) is 0 Å². The highest BCUT2D eigenvalue weighted by Gasteiger charge is 2.15. The second-order valence-corrected chi connectivity index (χ2v) is 10.8. The average molecular weight is 587 g/mol. The van der Waals surface area contributed by atoms with E-state index in [1.807, 2.05) is 45.0 Å². The molecule has 226 valence electrons. The fourth-order valence-electron chi connectivity index (χ4n) is 4.01. The monoisotopic (exact) mass is 586 g/mol. The smallest absolute Gasteiger partial charge is 0.337 e. The van der Waals surface area contributed by atoms with Gasteiger partial charge in [-0.25, -0.2) is 19.2 Å². The molecule has 0 aromatic heterocycles. The van der Waals surface area contributed by atoms with Crippen LogP contribution in [0.5, 0.6) is 0 Å². The molecule has 43 heavy (non-hydrogen) atoms. The number of fused-ring (bicyclic) bond motifs is 2. The third kappa shape index (κ3) is 11.1. The van der Waals surface area contributed by atoms with E-state index in [1.165, 1.54) is 30.9 Å². The predicted octanol–water partition coefficient (Wildman–Crippen LogP) is 6.53. The summed E-state index contributed by atoms with van der Waals surface area (Å²) >= 11 is 0. The number of hydrogen-bond acceptors (Lipinski definition) is 7. The largest absolute Gasteiger partial charge is 0.478 e. The van der Waals surface area contributed by atoms with E-state index in [9.17, 15) is 19.2 Å². The first kappa shape index (κ1) is 34.2. The highest BCUT2D eigenvalue weighted by molar-refractivity contribution is 6.03. The van der Waals surface area contributed by atoms with Gasteiger partial charge in [0.05, 0.1) is 12.7 Å². The minimum atomic E-state index is -1.16. The molecule has 0 bridgehead atoms. The molecule has 0 aliphatic carbocycles. The molecule has 0 saturated carbocycles. The number of allylic oxidation sites excluding steroid dienone is 1. The van der Waals surface area contributed by atoms with Crippen molar-refractivity contribution in [2.24, 2.45) is 5.41 Å². The number of benzene rings is 3. The number of aliphatic carboxylic acids is 1. The number of methoxy groups -OCH3 is 1. The summed E-state index contributed by atoms with van der Waals surface area (Å²) in [7, 11) is 1.38. The second-order valence-electron chi connectivity index (χ2n) is 10.8. The first-order valence-corrected chi connectivity index (χ1v) is 13.5. The first-order chi connectivity index (χ1) is 20.2. The van der Waals surface area contributed by atoms with Crippen LogP contribution in [0.1, 0.15) is 33.3 Å². The van der Waals surface area contributed by atoms with E-state index in [1.54, 1.807) is 6.08 Å². The Morgan fingerprint density at radius 3 is 1.79 bits per heavy atom. The van der Waals surface area contributed by atoms with Crippen molar-refractivity contribution >= 4 is 45.4 Å². The summed E-state index contributed by atoms with van der Waals surface area (Å²) in [6, 6.07) is 18.6. The van der Waals surface area contributed by atoms with Gasteiger partial charge in [0, 0.05) is 23.6 Å². The molecule has 0 saturated heterocycles. The van der Waals surface area contributed by atoms with Gasteiger partial charge in [-0.05, 0) is 51.6 Å². The highest BCUT2D eigenvalue weighted by Crippen LogP contribution is 2.30. The van der Waals surface area contributed by atoms with Crippen LogP contribution in [0.25, 0.3) is 21.5 Å². The van der Waals surface area contributed by atoms with E-state index < -0.39 is 17.9 Å². The van der Waals surface area contributed by atoms with Crippen LogP contribution >= 0.6 is 0 Å². The lowest BCUT2D eigenvalue weighted by atomic mass is 9.93. The maximum absolute atomic E-state index is 11.9. The molecule has 8 nitrogen and oxygen atoms in total. The standard InChI is InChI=1S/C19H16O2.C16H22O6/c1-13(19(20)21-2)11-18-16-9-5-3-7-14(16)12-15-8-4-6-10-17(15)18;1-11(2)14(19)21-8-9-22-15(20)12(6-7-13(17)18)10-16(3,4)5/h3-10,12H,1,11H2,2H3;6-7,10H,1,8-9H2,2-5H3,(H,17,18). The van der Waals surface area contributed by atoms with Gasteiger partial charge in [0.25, 0.3) is 0 Å². The minimum absolute atomic E-state index is 0.0944. The summed E-state index contributed by atoms with van der Waals surface area (Å²) in [5, 5.41) is 13.3. The maximum Gasteiger partial charge on any atom is 0.337 e. The van der Waals surface area contributed by atoms with Crippen LogP contribution in [0, 0.1) is 5.41 Å². The number of hydrogen-bond donors (Lipinski definition) is 1. The molecular weight excluding hydrogens is 548 g/mol. The third-order valence-corrected chi connectivity index (χ3v) is 5.87. The van der Waals surface area contributed by atoms with E-state index >= 15 is 0 Å². The van der Waals surface area contributed by atoms with Crippen molar-refractivity contribution < 1.29 is 38.5 Å². The quantitative estimate of drug-likeness (QED) is 0.0712. The Bertz CT molecular complexity index is 1530. The maximum atomic E-state index is 11.9. The molecule has 0 heterocycles. The average Bonchev–Trinajstić information content (AvgIpc) is 2.96. The lowest BCUT2D eigenvalue weighted by molar-refractivity contribution is -0.147. The molecule has 0 atom stereocenters. The molecule has 0 fully saturated rings. The van der Waals surface area contributed by atoms with Crippen LogP contribution in [0.3, 0.4) is 0 Å². The highest BCUT2D eigenvalue weighted by atomic mass is 16.6. The fraction of sp³-hybridized carbons (Fsp3) is 0.257. The molecule has 0 amide bonds. The van der Waals surface area contributed by atoms with Crippen LogP contribution in [-0.4, -0.2) is 49.3 Å². The van der Waals surface area contributed by atoms with Gasteiger partial charge < -0.3 is 19.3 Å². The number of carboxylic acid groups (broad SMARTS) is 1. The fourth-order valence-corrected chi connectivity index (χ4v) is 4.01. The topological polar surface area (TPSA) is 116 Å². The van der Waals surface area contributed by atoms with Gasteiger partial charge in [-0.2, -0.15) is 0 Å². The molecule has 0 spiro atoms. The second kappa shape index (κ2) is 15.9. The Labute approximate surface area is 251 Å². The Kier molecular flexibility index (Phi) is 12.6. The molecule has 0 aliphatic rings. The van der Waals surface area contributed by atoms with E-state index in [0.29, 0.717) is 12.0 Å². The van der Waals surface area contributed by atoms with E-state index in [-0.39, 0.29) is 35.7 Å². The van der Waals surface area contributed by atoms with Crippen LogP contribution in [0.15, 0.2) is 103 Å². The van der Waals surface area contributed by atoms with Crippen molar-refractivity contribution in [3.8, 4) is 0 Å². The molecule has 0 radical (unpaired) electrons. The Balaban J connectivity index is 0.000000300. The Hall–Kier alpha value is -4.98. The number of carboxylic acids is 1. The zero-order valence-corrected chi connectivity index (χ0v) is 25.3. The number of ether oxygens (including phenoxy) is 3. The predicted molar refractivity (Wildman–Crippen MR) is 167 cm³/mol. The van der Waals surface area contributed by atoms with Crippen LogP contribution in [0.2, 0.25) is 0 Å². The van der Waals surface area contributed by atoms with Crippen molar-refractivity contribution in [1.29, 1.82) is 0 Å². The van der Waals surface area contributed by atoms with Gasteiger partial charge in [0.15, 0.2) is 0 Å². The zero-order chi connectivity index (χ0) is 32.2. The van der Waals surface area contributed by atoms with Crippen molar-refractivity contribution in [3.05, 3.63) is 108 Å². The van der Waals surface area contributed by atoms with Crippen LogP contribution in [0.4, 0.5) is 0 Å². The summed E-state index contributed by atoms with van der Waals surface area (Å²) in [5.41, 5.74) is 1.65. The summed E-state index contributed by atoms with van der Waals surface area (Å²) < 4.78 is 14.5. The van der Waals surface area contributed by atoms with Gasteiger partial charge in [0.1, 0.15) is 13.2 Å². The molecular formula is C35H38O8. The Morgan fingerprint density at radius 1 is 0.814 bits per heavy atom. The molecule has 3 aromatic rings. The van der Waals surface area contributed by atoms with Gasteiger partial charge in [-0.1, -0.05) is 88.5 Å². The summed E-state index contributed by atoms with van der Waals surface area (Å²) in [6.45, 7) is 14.2. The van der Waals surface area contributed by atoms with Crippen molar-refractivity contribution in [3.63, 3.8) is 0 Å². The molecule has 1 N–H and O–H groups in total. The molecule has 0 aliphatic heterocycles. The summed E-state index contributed by atoms with van der Waals surface area (Å²) in [5.74, 6) is -2.76. The number of carbonyl (C=O) groups is 4. The molecule has 3 aromatic carbocycles. The van der Waals surface area contributed by atoms with Crippen molar-refractivity contribution in [2.75, 3.05) is 20.3 Å². The van der Waals surface area contributed by atoms with E-state index in [0.717, 1.165) is 22.4 Å². The lowest BCUT2D eigenvalue weighted by Gasteiger charge is -2.14.